The Morgan fingerprint density at radius 2 is 2.05 bits per heavy atom. The molecule has 19 heavy (non-hydrogen) atoms. The van der Waals surface area contributed by atoms with Crippen molar-refractivity contribution in [3.63, 3.8) is 0 Å². The Morgan fingerprint density at radius 3 is 2.53 bits per heavy atom. The minimum absolute atomic E-state index is 0.0102. The molecule has 0 aliphatic rings. The molecule has 1 heterocycles. The lowest BCUT2D eigenvalue weighted by molar-refractivity contribution is 0.237. The number of hydrogen-bond donors (Lipinski definition) is 2. The Hall–Kier alpha value is -1.13. The summed E-state index contributed by atoms with van der Waals surface area (Å²) in [6.45, 7) is 9.24. The molecular weight excluding hydrogens is 240 g/mol. The van der Waals surface area contributed by atoms with E-state index in [-0.39, 0.29) is 18.1 Å². The van der Waals surface area contributed by atoms with Crippen LogP contribution in [-0.4, -0.2) is 29.8 Å². The summed E-state index contributed by atoms with van der Waals surface area (Å²) in [4.78, 5) is 4.57. The summed E-state index contributed by atoms with van der Waals surface area (Å²) in [6.07, 6.45) is 0.895. The number of ether oxygens (including phenoxy) is 1. The van der Waals surface area contributed by atoms with E-state index >= 15 is 0 Å². The number of aliphatic hydroxyl groups excluding tert-OH is 1. The van der Waals surface area contributed by atoms with Gasteiger partial charge >= 0.3 is 0 Å². The molecule has 0 radical (unpaired) electrons. The van der Waals surface area contributed by atoms with Gasteiger partial charge in [-0.05, 0) is 12.5 Å². The summed E-state index contributed by atoms with van der Waals surface area (Å²) in [5.74, 6) is 0.660. The maximum absolute atomic E-state index is 9.17. The standard InChI is InChI=1S/C15H26N2O2/c1-6-12(10-18)16-9-11-7-8-13(15(2,3)4)17-14(11)19-5/h7-8,12,16,18H,6,9-10H2,1-5H3. The second-order valence-corrected chi connectivity index (χ2v) is 5.78. The van der Waals surface area contributed by atoms with Gasteiger partial charge in [0.1, 0.15) is 0 Å². The Morgan fingerprint density at radius 1 is 1.37 bits per heavy atom. The van der Waals surface area contributed by atoms with E-state index in [2.05, 4.69) is 31.1 Å². The second kappa shape index (κ2) is 6.87. The van der Waals surface area contributed by atoms with Gasteiger partial charge in [-0.1, -0.05) is 33.8 Å². The van der Waals surface area contributed by atoms with Gasteiger partial charge in [0, 0.05) is 29.3 Å². The molecule has 1 aromatic rings. The minimum Gasteiger partial charge on any atom is -0.481 e. The smallest absolute Gasteiger partial charge is 0.217 e. The monoisotopic (exact) mass is 266 g/mol. The molecular formula is C15H26N2O2. The summed E-state index contributed by atoms with van der Waals surface area (Å²) in [6, 6.07) is 4.20. The van der Waals surface area contributed by atoms with Crippen LogP contribution in [0.3, 0.4) is 0 Å². The number of nitrogens with zero attached hydrogens (tertiary/aromatic N) is 1. The van der Waals surface area contributed by atoms with Crippen molar-refractivity contribution in [3.05, 3.63) is 23.4 Å². The van der Waals surface area contributed by atoms with Crippen LogP contribution in [0, 0.1) is 0 Å². The third-order valence-electron chi connectivity index (χ3n) is 3.20. The van der Waals surface area contributed by atoms with Crippen LogP contribution in [0.15, 0.2) is 12.1 Å². The van der Waals surface area contributed by atoms with E-state index in [0.29, 0.717) is 12.4 Å². The third-order valence-corrected chi connectivity index (χ3v) is 3.20. The summed E-state index contributed by atoms with van der Waals surface area (Å²) < 4.78 is 5.37. The molecule has 1 rings (SSSR count). The second-order valence-electron chi connectivity index (χ2n) is 5.78. The van der Waals surface area contributed by atoms with E-state index in [4.69, 9.17) is 4.74 Å². The Labute approximate surface area is 116 Å². The van der Waals surface area contributed by atoms with Crippen LogP contribution in [0.1, 0.15) is 45.4 Å². The topological polar surface area (TPSA) is 54.4 Å². The molecule has 0 aliphatic carbocycles. The predicted octanol–water partition coefficient (Wildman–Crippen LogP) is 2.25. The Bertz CT molecular complexity index is 396. The number of rotatable bonds is 6. The van der Waals surface area contributed by atoms with Crippen LogP contribution in [-0.2, 0) is 12.0 Å². The molecule has 0 amide bonds. The molecule has 4 nitrogen and oxygen atoms in total. The highest BCUT2D eigenvalue weighted by Gasteiger charge is 2.18. The van der Waals surface area contributed by atoms with E-state index in [1.165, 1.54) is 0 Å². The van der Waals surface area contributed by atoms with E-state index in [0.717, 1.165) is 17.7 Å². The highest BCUT2D eigenvalue weighted by molar-refractivity contribution is 5.30. The molecule has 0 aliphatic heterocycles. The van der Waals surface area contributed by atoms with Crippen LogP contribution in [0.25, 0.3) is 0 Å². The maximum atomic E-state index is 9.17. The zero-order chi connectivity index (χ0) is 14.5. The van der Waals surface area contributed by atoms with Crippen LogP contribution in [0.2, 0.25) is 0 Å². The number of methoxy groups -OCH3 is 1. The first-order valence-electron chi connectivity index (χ1n) is 6.81. The molecule has 0 spiro atoms. The zero-order valence-electron chi connectivity index (χ0n) is 12.7. The van der Waals surface area contributed by atoms with Gasteiger partial charge in [0.25, 0.3) is 0 Å². The van der Waals surface area contributed by atoms with Crippen molar-refractivity contribution in [2.75, 3.05) is 13.7 Å². The van der Waals surface area contributed by atoms with Gasteiger partial charge < -0.3 is 15.2 Å². The van der Waals surface area contributed by atoms with Crippen molar-refractivity contribution in [3.8, 4) is 5.88 Å². The Balaban J connectivity index is 2.85. The molecule has 108 valence electrons. The van der Waals surface area contributed by atoms with Crippen molar-refractivity contribution >= 4 is 0 Å². The number of pyridine rings is 1. The number of aliphatic hydroxyl groups is 1. The number of hydrogen-bond acceptors (Lipinski definition) is 4. The lowest BCUT2D eigenvalue weighted by Crippen LogP contribution is -2.31. The van der Waals surface area contributed by atoms with Crippen LogP contribution < -0.4 is 10.1 Å². The lowest BCUT2D eigenvalue weighted by Gasteiger charge is -2.20. The molecule has 4 heteroatoms. The Kier molecular flexibility index (Phi) is 5.76. The van der Waals surface area contributed by atoms with Gasteiger partial charge in [-0.15, -0.1) is 0 Å². The van der Waals surface area contributed by atoms with Gasteiger partial charge in [-0.3, -0.25) is 0 Å². The van der Waals surface area contributed by atoms with Crippen LogP contribution in [0.4, 0.5) is 0 Å². The highest BCUT2D eigenvalue weighted by atomic mass is 16.5. The fourth-order valence-electron chi connectivity index (χ4n) is 1.79. The van der Waals surface area contributed by atoms with Crippen LogP contribution >= 0.6 is 0 Å². The molecule has 0 saturated heterocycles. The average Bonchev–Trinajstić information content (AvgIpc) is 2.38. The average molecular weight is 266 g/mol. The first kappa shape index (κ1) is 15.9. The van der Waals surface area contributed by atoms with Gasteiger partial charge in [-0.25, -0.2) is 4.98 Å². The first-order chi connectivity index (χ1) is 8.92. The van der Waals surface area contributed by atoms with E-state index in [1.807, 2.05) is 19.1 Å². The number of aromatic nitrogens is 1. The summed E-state index contributed by atoms with van der Waals surface area (Å²) >= 11 is 0. The van der Waals surface area contributed by atoms with Gasteiger partial charge in [0.2, 0.25) is 5.88 Å². The molecule has 1 unspecified atom stereocenters. The van der Waals surface area contributed by atoms with Gasteiger partial charge in [0.15, 0.2) is 0 Å². The van der Waals surface area contributed by atoms with Crippen molar-refractivity contribution in [2.45, 2.75) is 52.1 Å². The SMILES string of the molecule is CCC(CO)NCc1ccc(C(C)(C)C)nc1OC. The number of nitrogens with one attached hydrogen (secondary N) is 1. The molecule has 2 N–H and O–H groups in total. The normalized spacial score (nSPS) is 13.4. The third kappa shape index (κ3) is 4.48. The zero-order valence-corrected chi connectivity index (χ0v) is 12.7. The summed E-state index contributed by atoms with van der Waals surface area (Å²) in [5, 5.41) is 12.5. The first-order valence-corrected chi connectivity index (χ1v) is 6.81. The quantitative estimate of drug-likeness (QED) is 0.829. The lowest BCUT2D eigenvalue weighted by atomic mass is 9.91. The molecule has 1 atom stereocenters. The van der Waals surface area contributed by atoms with Crippen molar-refractivity contribution in [1.82, 2.24) is 10.3 Å². The fraction of sp³-hybridized carbons (Fsp3) is 0.667. The van der Waals surface area contributed by atoms with Crippen molar-refractivity contribution in [1.29, 1.82) is 0 Å². The predicted molar refractivity (Wildman–Crippen MR) is 77.5 cm³/mol. The largest absolute Gasteiger partial charge is 0.481 e. The van der Waals surface area contributed by atoms with Gasteiger partial charge in [-0.2, -0.15) is 0 Å². The van der Waals surface area contributed by atoms with E-state index < -0.39 is 0 Å². The van der Waals surface area contributed by atoms with E-state index in [1.54, 1.807) is 7.11 Å². The van der Waals surface area contributed by atoms with E-state index in [9.17, 15) is 5.11 Å². The van der Waals surface area contributed by atoms with Crippen molar-refractivity contribution in [2.24, 2.45) is 0 Å². The highest BCUT2D eigenvalue weighted by Crippen LogP contribution is 2.24. The molecule has 0 aromatic carbocycles. The minimum atomic E-state index is 0.0102. The molecule has 1 aromatic heterocycles. The fourth-order valence-corrected chi connectivity index (χ4v) is 1.79. The maximum Gasteiger partial charge on any atom is 0.217 e. The summed E-state index contributed by atoms with van der Waals surface area (Å²) in [5.41, 5.74) is 2.04. The molecule has 0 bridgehead atoms. The van der Waals surface area contributed by atoms with Gasteiger partial charge in [0.05, 0.1) is 13.7 Å². The molecule has 0 saturated carbocycles. The van der Waals surface area contributed by atoms with Crippen LogP contribution in [0.5, 0.6) is 5.88 Å². The summed E-state index contributed by atoms with van der Waals surface area (Å²) in [7, 11) is 1.64. The molecule has 0 fully saturated rings. The van der Waals surface area contributed by atoms with Crippen molar-refractivity contribution < 1.29 is 9.84 Å².